The second-order valence-electron chi connectivity index (χ2n) is 3.40. The number of rotatable bonds is 5. The molecule has 0 radical (unpaired) electrons. The highest BCUT2D eigenvalue weighted by Gasteiger charge is 2.10. The maximum Gasteiger partial charge on any atom is 0.225 e. The molecule has 0 unspecified atom stereocenters. The maximum atomic E-state index is 13.4. The van der Waals surface area contributed by atoms with Crippen LogP contribution in [-0.4, -0.2) is 19.0 Å². The summed E-state index contributed by atoms with van der Waals surface area (Å²) in [6, 6.07) is 1.93. The van der Waals surface area contributed by atoms with Gasteiger partial charge in [0.25, 0.3) is 0 Å². The number of carbonyl (C=O) groups is 1. The highest BCUT2D eigenvalue weighted by atomic mass is 79.9. The molecule has 1 aromatic rings. The Kier molecular flexibility index (Phi) is 5.50. The number of hydrogen-bond donors (Lipinski definition) is 2. The van der Waals surface area contributed by atoms with Crippen LogP contribution in [0.4, 0.5) is 14.5 Å². The minimum atomic E-state index is -0.671. The third-order valence-electron chi connectivity index (χ3n) is 2.06. The van der Waals surface area contributed by atoms with Crippen LogP contribution in [0.3, 0.4) is 0 Å². The average Bonchev–Trinajstić information content (AvgIpc) is 2.26. The Labute approximate surface area is 107 Å². The summed E-state index contributed by atoms with van der Waals surface area (Å²) >= 11 is 2.86. The SMILES string of the molecule is CCNCCC(=O)Nc1cc(F)c(Br)cc1F. The van der Waals surface area contributed by atoms with Gasteiger partial charge in [-0.05, 0) is 28.5 Å². The Hall–Kier alpha value is -1.01. The molecule has 1 aromatic carbocycles. The molecule has 0 bridgehead atoms. The van der Waals surface area contributed by atoms with E-state index in [-0.39, 0.29) is 22.5 Å². The molecule has 0 fully saturated rings. The van der Waals surface area contributed by atoms with Gasteiger partial charge in [-0.1, -0.05) is 6.92 Å². The van der Waals surface area contributed by atoms with E-state index in [1.54, 1.807) is 0 Å². The molecule has 0 aliphatic carbocycles. The zero-order chi connectivity index (χ0) is 12.8. The van der Waals surface area contributed by atoms with Crippen molar-refractivity contribution in [3.05, 3.63) is 28.2 Å². The van der Waals surface area contributed by atoms with Crippen molar-refractivity contribution in [3.63, 3.8) is 0 Å². The standard InChI is InChI=1S/C11H13BrF2N2O/c1-2-15-4-3-11(17)16-10-6-8(13)7(12)5-9(10)14/h5-6,15H,2-4H2,1H3,(H,16,17). The molecule has 94 valence electrons. The molecule has 0 atom stereocenters. The van der Waals surface area contributed by atoms with Gasteiger partial charge in [-0.2, -0.15) is 0 Å². The molecule has 0 aliphatic rings. The number of nitrogens with one attached hydrogen (secondary N) is 2. The van der Waals surface area contributed by atoms with Crippen molar-refractivity contribution < 1.29 is 13.6 Å². The molecule has 0 saturated carbocycles. The number of hydrogen-bond acceptors (Lipinski definition) is 2. The molecule has 0 spiro atoms. The predicted octanol–water partition coefficient (Wildman–Crippen LogP) is 2.67. The van der Waals surface area contributed by atoms with Crippen molar-refractivity contribution in [3.8, 4) is 0 Å². The van der Waals surface area contributed by atoms with E-state index in [9.17, 15) is 13.6 Å². The Morgan fingerprint density at radius 1 is 1.35 bits per heavy atom. The van der Waals surface area contributed by atoms with E-state index >= 15 is 0 Å². The zero-order valence-electron chi connectivity index (χ0n) is 9.32. The number of anilines is 1. The first-order chi connectivity index (χ1) is 8.04. The molecule has 0 saturated heterocycles. The zero-order valence-corrected chi connectivity index (χ0v) is 10.9. The maximum absolute atomic E-state index is 13.4. The second-order valence-corrected chi connectivity index (χ2v) is 4.25. The predicted molar refractivity (Wildman–Crippen MR) is 65.8 cm³/mol. The topological polar surface area (TPSA) is 41.1 Å². The van der Waals surface area contributed by atoms with Gasteiger partial charge in [0.15, 0.2) is 0 Å². The molecule has 3 nitrogen and oxygen atoms in total. The molecule has 0 heterocycles. The smallest absolute Gasteiger partial charge is 0.225 e. The van der Waals surface area contributed by atoms with Gasteiger partial charge < -0.3 is 10.6 Å². The lowest BCUT2D eigenvalue weighted by Crippen LogP contribution is -2.21. The normalized spacial score (nSPS) is 10.4. The summed E-state index contributed by atoms with van der Waals surface area (Å²) in [5.74, 6) is -1.64. The summed E-state index contributed by atoms with van der Waals surface area (Å²) in [4.78, 5) is 11.4. The van der Waals surface area contributed by atoms with Crippen LogP contribution in [0.1, 0.15) is 13.3 Å². The lowest BCUT2D eigenvalue weighted by Gasteiger charge is -2.07. The van der Waals surface area contributed by atoms with Crippen LogP contribution in [0.2, 0.25) is 0 Å². The van der Waals surface area contributed by atoms with Crippen molar-refractivity contribution >= 4 is 27.5 Å². The molecule has 0 aromatic heterocycles. The van der Waals surface area contributed by atoms with Gasteiger partial charge in [-0.3, -0.25) is 4.79 Å². The summed E-state index contributed by atoms with van der Waals surface area (Å²) in [6.45, 7) is 3.18. The van der Waals surface area contributed by atoms with Crippen LogP contribution in [0.25, 0.3) is 0 Å². The number of amides is 1. The van der Waals surface area contributed by atoms with Crippen molar-refractivity contribution in [1.82, 2.24) is 5.32 Å². The van der Waals surface area contributed by atoms with Crippen molar-refractivity contribution in [2.75, 3.05) is 18.4 Å². The van der Waals surface area contributed by atoms with Crippen LogP contribution in [0.15, 0.2) is 16.6 Å². The Balaban J connectivity index is 2.62. The van der Waals surface area contributed by atoms with Gasteiger partial charge in [-0.15, -0.1) is 0 Å². The van der Waals surface area contributed by atoms with Crippen LogP contribution in [0, 0.1) is 11.6 Å². The fraction of sp³-hybridized carbons (Fsp3) is 0.364. The largest absolute Gasteiger partial charge is 0.323 e. The van der Waals surface area contributed by atoms with Gasteiger partial charge >= 0.3 is 0 Å². The Morgan fingerprint density at radius 2 is 2.06 bits per heavy atom. The summed E-state index contributed by atoms with van der Waals surface area (Å²) in [5, 5.41) is 5.29. The van der Waals surface area contributed by atoms with Gasteiger partial charge in [0.1, 0.15) is 11.6 Å². The second kappa shape index (κ2) is 6.66. The fourth-order valence-electron chi connectivity index (χ4n) is 1.21. The average molecular weight is 307 g/mol. The van der Waals surface area contributed by atoms with Crippen molar-refractivity contribution in [2.45, 2.75) is 13.3 Å². The monoisotopic (exact) mass is 306 g/mol. The lowest BCUT2D eigenvalue weighted by molar-refractivity contribution is -0.116. The molecule has 1 amide bonds. The quantitative estimate of drug-likeness (QED) is 0.648. The van der Waals surface area contributed by atoms with Crippen molar-refractivity contribution in [1.29, 1.82) is 0 Å². The molecule has 0 aliphatic heterocycles. The number of carbonyl (C=O) groups excluding carboxylic acids is 1. The molecular formula is C11H13BrF2N2O. The van der Waals surface area contributed by atoms with Crippen LogP contribution in [-0.2, 0) is 4.79 Å². The van der Waals surface area contributed by atoms with E-state index in [0.29, 0.717) is 6.54 Å². The van der Waals surface area contributed by atoms with Gasteiger partial charge in [0, 0.05) is 19.0 Å². The number of benzene rings is 1. The van der Waals surface area contributed by atoms with E-state index in [0.717, 1.165) is 18.7 Å². The molecule has 2 N–H and O–H groups in total. The summed E-state index contributed by atoms with van der Waals surface area (Å²) in [5.41, 5.74) is -0.146. The van der Waals surface area contributed by atoms with E-state index in [2.05, 4.69) is 26.6 Å². The first kappa shape index (κ1) is 14.1. The molecule has 6 heteroatoms. The first-order valence-electron chi connectivity index (χ1n) is 5.19. The van der Waals surface area contributed by atoms with Gasteiger partial charge in [0.2, 0.25) is 5.91 Å². The minimum absolute atomic E-state index is 0.0284. The van der Waals surface area contributed by atoms with E-state index in [1.807, 2.05) is 6.92 Å². The number of halogens is 3. The highest BCUT2D eigenvalue weighted by Crippen LogP contribution is 2.23. The first-order valence-corrected chi connectivity index (χ1v) is 5.99. The molecule has 1 rings (SSSR count). The summed E-state index contributed by atoms with van der Waals surface area (Å²) < 4.78 is 26.5. The third kappa shape index (κ3) is 4.40. The van der Waals surface area contributed by atoms with E-state index in [1.165, 1.54) is 0 Å². The highest BCUT2D eigenvalue weighted by molar-refractivity contribution is 9.10. The summed E-state index contributed by atoms with van der Waals surface area (Å²) in [6.07, 6.45) is 0.213. The van der Waals surface area contributed by atoms with E-state index in [4.69, 9.17) is 0 Å². The van der Waals surface area contributed by atoms with Gasteiger partial charge in [-0.25, -0.2) is 8.78 Å². The molecular weight excluding hydrogens is 294 g/mol. The van der Waals surface area contributed by atoms with Crippen LogP contribution in [0.5, 0.6) is 0 Å². The van der Waals surface area contributed by atoms with Crippen molar-refractivity contribution in [2.24, 2.45) is 0 Å². The Bertz CT molecular complexity index is 413. The van der Waals surface area contributed by atoms with Gasteiger partial charge in [0.05, 0.1) is 10.2 Å². The summed E-state index contributed by atoms with van der Waals surface area (Å²) in [7, 11) is 0. The Morgan fingerprint density at radius 3 is 2.71 bits per heavy atom. The molecule has 17 heavy (non-hydrogen) atoms. The third-order valence-corrected chi connectivity index (χ3v) is 2.67. The van der Waals surface area contributed by atoms with Crippen LogP contribution >= 0.6 is 15.9 Å². The van der Waals surface area contributed by atoms with E-state index < -0.39 is 11.6 Å². The fourth-order valence-corrected chi connectivity index (χ4v) is 1.53. The lowest BCUT2D eigenvalue weighted by atomic mass is 10.3. The minimum Gasteiger partial charge on any atom is -0.323 e. The van der Waals surface area contributed by atoms with Crippen LogP contribution < -0.4 is 10.6 Å².